The Labute approximate surface area is 411 Å². The first-order valence-corrected chi connectivity index (χ1v) is 23.1. The zero-order valence-electron chi connectivity index (χ0n) is 39.8. The third-order valence-electron chi connectivity index (χ3n) is 10.2. The van der Waals surface area contributed by atoms with E-state index in [4.69, 9.17) is 28.7 Å². The highest BCUT2D eigenvalue weighted by atomic mass is 32.1. The van der Waals surface area contributed by atoms with Crippen molar-refractivity contribution in [2.24, 2.45) is 45.5 Å². The number of carbonyl (C=O) groups is 10. The number of aliphatic hydroxyl groups is 1. The number of amides is 9. The summed E-state index contributed by atoms with van der Waals surface area (Å²) in [6.45, 7) is 6.27. The van der Waals surface area contributed by atoms with E-state index >= 15 is 0 Å². The van der Waals surface area contributed by atoms with Crippen LogP contribution in [0.4, 0.5) is 0 Å². The van der Waals surface area contributed by atoms with Crippen molar-refractivity contribution in [3.63, 3.8) is 0 Å². The molecule has 1 aromatic rings. The number of guanidine groups is 1. The van der Waals surface area contributed by atoms with Crippen molar-refractivity contribution < 1.29 is 63.3 Å². The number of carbonyl (C=O) groups excluding carboxylic acids is 9. The van der Waals surface area contributed by atoms with Gasteiger partial charge in [0.1, 0.15) is 48.0 Å². The molecule has 0 aromatic heterocycles. The Morgan fingerprint density at radius 2 is 0.986 bits per heavy atom. The van der Waals surface area contributed by atoms with Crippen LogP contribution in [0, 0.1) is 11.8 Å². The Bertz CT molecular complexity index is 1990. The molecule has 26 nitrogen and oxygen atoms in total. The third-order valence-corrected chi connectivity index (χ3v) is 10.6. The number of benzene rings is 1. The molecule has 0 heterocycles. The summed E-state index contributed by atoms with van der Waals surface area (Å²) in [6.07, 6.45) is -1.68. The molecular formula is C43H71N13O13S. The number of nitrogens with one attached hydrogen (secondary N) is 7. The number of nitrogens with zero attached hydrogens (tertiary/aromatic N) is 1. The van der Waals surface area contributed by atoms with Gasteiger partial charge in [-0.1, -0.05) is 39.8 Å². The molecule has 0 aliphatic heterocycles. The van der Waals surface area contributed by atoms with Gasteiger partial charge >= 0.3 is 5.97 Å². The number of aliphatic hydroxyl groups excluding tert-OH is 1. The van der Waals surface area contributed by atoms with Crippen molar-refractivity contribution in [2.45, 2.75) is 134 Å². The molecule has 0 unspecified atom stereocenters. The molecule has 8 atom stereocenters. The molecule has 0 radical (unpaired) electrons. The van der Waals surface area contributed by atoms with E-state index < -0.39 is 133 Å². The molecule has 1 aromatic carbocycles. The summed E-state index contributed by atoms with van der Waals surface area (Å²) in [5, 5.41) is 46.5. The second-order valence-electron chi connectivity index (χ2n) is 17.3. The minimum atomic E-state index is -1.56. The van der Waals surface area contributed by atoms with Gasteiger partial charge in [0.15, 0.2) is 5.96 Å². The Morgan fingerprint density at radius 1 is 0.571 bits per heavy atom. The molecule has 0 aliphatic rings. The van der Waals surface area contributed by atoms with Crippen LogP contribution in [0.25, 0.3) is 0 Å². The number of nitrogens with two attached hydrogens (primary N) is 5. The van der Waals surface area contributed by atoms with E-state index in [0.717, 1.165) is 0 Å². The van der Waals surface area contributed by atoms with Crippen LogP contribution in [0.2, 0.25) is 0 Å². The van der Waals surface area contributed by atoms with Crippen LogP contribution in [0.15, 0.2) is 29.3 Å². The summed E-state index contributed by atoms with van der Waals surface area (Å²) in [5.74, 6) is -10.7. The third kappa shape index (κ3) is 24.0. The maximum atomic E-state index is 14.2. The maximum Gasteiger partial charge on any atom is 0.326 e. The Kier molecular flexibility index (Phi) is 27.5. The first-order valence-electron chi connectivity index (χ1n) is 22.5. The largest absolute Gasteiger partial charge is 0.508 e. The number of phenols is 1. The number of aliphatic imine (C=N–C) groups is 1. The summed E-state index contributed by atoms with van der Waals surface area (Å²) < 4.78 is 0. The first kappa shape index (κ1) is 61.3. The minimum absolute atomic E-state index is 0.0411. The van der Waals surface area contributed by atoms with Crippen molar-refractivity contribution in [3.05, 3.63) is 29.8 Å². The van der Waals surface area contributed by atoms with Crippen LogP contribution < -0.4 is 65.9 Å². The summed E-state index contributed by atoms with van der Waals surface area (Å²) >= 11 is 4.14. The number of primary amides is 2. The van der Waals surface area contributed by atoms with Crippen LogP contribution in [-0.2, 0) is 54.4 Å². The van der Waals surface area contributed by atoms with E-state index in [9.17, 15) is 63.3 Å². The van der Waals surface area contributed by atoms with E-state index in [1.807, 2.05) is 13.8 Å². The van der Waals surface area contributed by atoms with Gasteiger partial charge in [0.25, 0.3) is 0 Å². The van der Waals surface area contributed by atoms with E-state index in [2.05, 4.69) is 54.8 Å². The van der Waals surface area contributed by atoms with Crippen LogP contribution >= 0.6 is 12.6 Å². The monoisotopic (exact) mass is 1010 g/mol. The molecule has 0 saturated heterocycles. The molecule has 1 rings (SSSR count). The number of hydrogen-bond acceptors (Lipinski definition) is 15. The molecule has 27 heteroatoms. The number of aliphatic carboxylic acids is 1. The highest BCUT2D eigenvalue weighted by Gasteiger charge is 2.35. The number of carboxylic acids is 1. The van der Waals surface area contributed by atoms with Crippen LogP contribution in [0.1, 0.15) is 84.6 Å². The van der Waals surface area contributed by atoms with Gasteiger partial charge in [-0.25, -0.2) is 4.79 Å². The molecule has 0 bridgehead atoms. The standard InChI is InChI=1S/C43H71N13O13S/c1-21(2)16-25(44)35(61)55-31(19-57)40(66)56-32(20-70)41(67)51-27(12-14-34(46)60)37(63)53-29(17-22(3)4)38(64)54-30(18-23-7-9-24(58)10-8-23)39(65)50-26(11-13-33(45)59)36(62)52-28(42(68)69)6-5-15-49-43(47)48/h7-10,21-22,25-32,57-58,70H,5-6,11-20,44H2,1-4H3,(H2,45,59)(H2,46,60)(H,50,65)(H,51,67)(H,52,62)(H,53,63)(H,54,64)(H,55,61)(H,56,66)(H,68,69)(H4,47,48,49)/t25-,26-,27-,28-,29-,30-,31-,32+/m0/s1. The number of hydrogen-bond donors (Lipinski definition) is 16. The first-order chi connectivity index (χ1) is 32.8. The fourth-order valence-corrected chi connectivity index (χ4v) is 6.82. The maximum absolute atomic E-state index is 14.2. The number of rotatable bonds is 33. The topological polar surface area (TPSA) is 458 Å². The zero-order chi connectivity index (χ0) is 53.2. The van der Waals surface area contributed by atoms with E-state index in [0.29, 0.717) is 5.56 Å². The SMILES string of the molecule is CC(C)C[C@H](NC(=O)[C@H](CCC(N)=O)NC(=O)[C@@H](CS)NC(=O)[C@H](CO)NC(=O)[C@@H](N)CC(C)C)C(=O)N[C@@H](Cc1ccc(O)cc1)C(=O)N[C@@H](CCC(N)=O)C(=O)N[C@@H](CCCN=C(N)N)C(=O)O. The molecule has 20 N–H and O–H groups in total. The van der Waals surface area contributed by atoms with Gasteiger partial charge in [0, 0.05) is 31.6 Å². The van der Waals surface area contributed by atoms with Crippen LogP contribution in [0.5, 0.6) is 5.75 Å². The van der Waals surface area contributed by atoms with Crippen LogP contribution in [-0.4, -0.2) is 148 Å². The fourth-order valence-electron chi connectivity index (χ4n) is 6.57. The molecule has 392 valence electrons. The van der Waals surface area contributed by atoms with E-state index in [-0.39, 0.29) is 74.4 Å². The number of thiol groups is 1. The summed E-state index contributed by atoms with van der Waals surface area (Å²) in [4.78, 5) is 135. The molecule has 0 saturated carbocycles. The van der Waals surface area contributed by atoms with Gasteiger partial charge in [-0.2, -0.15) is 12.6 Å². The Morgan fingerprint density at radius 3 is 1.44 bits per heavy atom. The van der Waals surface area contributed by atoms with Gasteiger partial charge in [0.2, 0.25) is 53.2 Å². The smallest absolute Gasteiger partial charge is 0.326 e. The summed E-state index contributed by atoms with van der Waals surface area (Å²) in [6, 6.07) is -6.04. The van der Waals surface area contributed by atoms with Crippen molar-refractivity contribution in [1.82, 2.24) is 37.2 Å². The highest BCUT2D eigenvalue weighted by Crippen LogP contribution is 2.14. The molecular weight excluding hydrogens is 939 g/mol. The highest BCUT2D eigenvalue weighted by molar-refractivity contribution is 7.80. The summed E-state index contributed by atoms with van der Waals surface area (Å²) in [5.41, 5.74) is 27.6. The van der Waals surface area contributed by atoms with Crippen molar-refractivity contribution >= 4 is 77.7 Å². The van der Waals surface area contributed by atoms with E-state index in [1.165, 1.54) is 24.3 Å². The summed E-state index contributed by atoms with van der Waals surface area (Å²) in [7, 11) is 0. The predicted octanol–water partition coefficient (Wildman–Crippen LogP) is -4.66. The molecule has 0 fully saturated rings. The van der Waals surface area contributed by atoms with Gasteiger partial charge in [-0.05, 0) is 68.1 Å². The van der Waals surface area contributed by atoms with Gasteiger partial charge in [-0.15, -0.1) is 0 Å². The molecule has 70 heavy (non-hydrogen) atoms. The number of aromatic hydroxyl groups is 1. The van der Waals surface area contributed by atoms with Gasteiger partial charge < -0.3 is 81.2 Å². The lowest BCUT2D eigenvalue weighted by molar-refractivity contribution is -0.142. The van der Waals surface area contributed by atoms with Crippen LogP contribution in [0.3, 0.4) is 0 Å². The normalized spacial score (nSPS) is 14.5. The van der Waals surface area contributed by atoms with Crippen molar-refractivity contribution in [1.29, 1.82) is 0 Å². The molecule has 9 amide bonds. The lowest BCUT2D eigenvalue weighted by Crippen LogP contribution is -2.61. The average molecular weight is 1010 g/mol. The average Bonchev–Trinajstić information content (AvgIpc) is 3.27. The lowest BCUT2D eigenvalue weighted by Gasteiger charge is -2.28. The Balaban J connectivity index is 3.49. The van der Waals surface area contributed by atoms with Crippen molar-refractivity contribution in [3.8, 4) is 5.75 Å². The van der Waals surface area contributed by atoms with E-state index in [1.54, 1.807) is 13.8 Å². The van der Waals surface area contributed by atoms with Gasteiger partial charge in [-0.3, -0.25) is 48.1 Å². The second kappa shape index (κ2) is 31.4. The zero-order valence-corrected chi connectivity index (χ0v) is 40.7. The second-order valence-corrected chi connectivity index (χ2v) is 17.7. The fraction of sp³-hybridized carbons (Fsp3) is 0.605. The predicted molar refractivity (Wildman–Crippen MR) is 258 cm³/mol. The molecule has 0 spiro atoms. The molecule has 0 aliphatic carbocycles. The number of carboxylic acid groups (broad SMARTS) is 1. The quantitative estimate of drug-likeness (QED) is 0.0136. The number of phenolic OH excluding ortho intramolecular Hbond substituents is 1. The minimum Gasteiger partial charge on any atom is -0.508 e. The Hall–Kier alpha value is -6.74. The lowest BCUT2D eigenvalue weighted by atomic mass is 9.99. The van der Waals surface area contributed by atoms with Crippen molar-refractivity contribution in [2.75, 3.05) is 18.9 Å². The van der Waals surface area contributed by atoms with Gasteiger partial charge in [0.05, 0.1) is 12.6 Å².